The molecule has 7 nitrogen and oxygen atoms in total. The molecule has 32 heavy (non-hydrogen) atoms. The molecular formula is C23H27ClN2O5S. The lowest BCUT2D eigenvalue weighted by atomic mass is 10.1. The molecule has 0 aliphatic carbocycles. The van der Waals surface area contributed by atoms with Crippen molar-refractivity contribution >= 4 is 27.5 Å². The van der Waals surface area contributed by atoms with E-state index in [-0.39, 0.29) is 21.5 Å². The van der Waals surface area contributed by atoms with Gasteiger partial charge < -0.3 is 14.8 Å². The molecule has 1 saturated heterocycles. The molecule has 172 valence electrons. The number of nitrogens with one attached hydrogen (secondary N) is 1. The van der Waals surface area contributed by atoms with Gasteiger partial charge in [0.15, 0.2) is 11.5 Å². The summed E-state index contributed by atoms with van der Waals surface area (Å²) in [6, 6.07) is 9.46. The fourth-order valence-corrected chi connectivity index (χ4v) is 5.70. The van der Waals surface area contributed by atoms with Crippen molar-refractivity contribution in [2.45, 2.75) is 43.5 Å². The number of rotatable bonds is 5. The highest BCUT2D eigenvalue weighted by Gasteiger charge is 2.27. The van der Waals surface area contributed by atoms with Crippen LogP contribution >= 0.6 is 11.6 Å². The molecule has 1 unspecified atom stereocenters. The van der Waals surface area contributed by atoms with Crippen molar-refractivity contribution in [2.75, 3.05) is 26.3 Å². The molecule has 1 fully saturated rings. The number of amides is 1. The summed E-state index contributed by atoms with van der Waals surface area (Å²) in [6.07, 6.45) is 3.73. The van der Waals surface area contributed by atoms with E-state index in [2.05, 4.69) is 5.32 Å². The monoisotopic (exact) mass is 478 g/mol. The van der Waals surface area contributed by atoms with Crippen LogP contribution in [0, 0.1) is 0 Å². The Labute approximate surface area is 193 Å². The number of nitrogens with zero attached hydrogens (tertiary/aromatic N) is 1. The zero-order valence-corrected chi connectivity index (χ0v) is 19.5. The van der Waals surface area contributed by atoms with Gasteiger partial charge in [0.25, 0.3) is 5.91 Å². The van der Waals surface area contributed by atoms with E-state index < -0.39 is 15.9 Å². The van der Waals surface area contributed by atoms with Gasteiger partial charge in [0.2, 0.25) is 10.0 Å². The van der Waals surface area contributed by atoms with E-state index >= 15 is 0 Å². The molecule has 1 amide bonds. The van der Waals surface area contributed by atoms with Gasteiger partial charge in [-0.25, -0.2) is 8.42 Å². The lowest BCUT2D eigenvalue weighted by Crippen LogP contribution is -2.32. The van der Waals surface area contributed by atoms with E-state index in [9.17, 15) is 13.2 Å². The molecule has 0 aromatic heterocycles. The largest absolute Gasteiger partial charge is 0.486 e. The third-order valence-corrected chi connectivity index (χ3v) is 8.02. The topological polar surface area (TPSA) is 84.9 Å². The Hall–Kier alpha value is -2.29. The fourth-order valence-electron chi connectivity index (χ4n) is 3.96. The summed E-state index contributed by atoms with van der Waals surface area (Å²) in [5, 5.41) is 3.10. The summed E-state index contributed by atoms with van der Waals surface area (Å²) in [4.78, 5) is 13.1. The Bertz CT molecular complexity index is 1100. The van der Waals surface area contributed by atoms with Gasteiger partial charge in [-0.2, -0.15) is 4.31 Å². The highest BCUT2D eigenvalue weighted by molar-refractivity contribution is 7.89. The maximum Gasteiger partial charge on any atom is 0.253 e. The zero-order valence-electron chi connectivity index (χ0n) is 18.0. The lowest BCUT2D eigenvalue weighted by Gasteiger charge is -2.22. The summed E-state index contributed by atoms with van der Waals surface area (Å²) in [7, 11) is -3.68. The van der Waals surface area contributed by atoms with Crippen LogP contribution in [0.2, 0.25) is 5.02 Å². The molecule has 2 aliphatic heterocycles. The highest BCUT2D eigenvalue weighted by Crippen LogP contribution is 2.33. The standard InChI is InChI=1S/C23H27ClN2O5S/c1-16(17-6-9-21-22(14-17)31-13-12-30-21)25-23(27)19-15-18(7-8-20(19)24)32(28,29)26-10-4-2-3-5-11-26/h6-9,14-16H,2-5,10-13H2,1H3,(H,25,27). The van der Waals surface area contributed by atoms with Gasteiger partial charge in [-0.3, -0.25) is 4.79 Å². The van der Waals surface area contributed by atoms with Crippen LogP contribution in [-0.4, -0.2) is 44.9 Å². The molecule has 1 atom stereocenters. The fraction of sp³-hybridized carbons (Fsp3) is 0.435. The Morgan fingerprint density at radius 2 is 1.69 bits per heavy atom. The van der Waals surface area contributed by atoms with E-state index in [1.54, 1.807) is 0 Å². The minimum atomic E-state index is -3.68. The summed E-state index contributed by atoms with van der Waals surface area (Å²) in [5.41, 5.74) is 0.971. The molecule has 0 bridgehead atoms. The minimum absolute atomic E-state index is 0.0842. The van der Waals surface area contributed by atoms with Gasteiger partial charge in [0.05, 0.1) is 21.5 Å². The van der Waals surface area contributed by atoms with Gasteiger partial charge in [-0.05, 0) is 55.7 Å². The van der Waals surface area contributed by atoms with Gasteiger partial charge >= 0.3 is 0 Å². The van der Waals surface area contributed by atoms with Crippen LogP contribution in [-0.2, 0) is 10.0 Å². The molecule has 1 N–H and O–H groups in total. The van der Waals surface area contributed by atoms with Crippen molar-refractivity contribution < 1.29 is 22.7 Å². The van der Waals surface area contributed by atoms with E-state index in [4.69, 9.17) is 21.1 Å². The third kappa shape index (κ3) is 4.87. The Kier molecular flexibility index (Phi) is 6.93. The number of carbonyl (C=O) groups is 1. The first-order valence-corrected chi connectivity index (χ1v) is 12.7. The second-order valence-corrected chi connectivity index (χ2v) is 10.4. The van der Waals surface area contributed by atoms with Crippen molar-refractivity contribution in [3.8, 4) is 11.5 Å². The van der Waals surface area contributed by atoms with Crippen LogP contribution in [0.25, 0.3) is 0 Å². The van der Waals surface area contributed by atoms with Crippen LogP contribution < -0.4 is 14.8 Å². The van der Waals surface area contributed by atoms with E-state index in [1.807, 2.05) is 25.1 Å². The second kappa shape index (κ2) is 9.68. The predicted molar refractivity (Wildman–Crippen MR) is 122 cm³/mol. The molecule has 0 spiro atoms. The van der Waals surface area contributed by atoms with E-state index in [0.717, 1.165) is 31.2 Å². The summed E-state index contributed by atoms with van der Waals surface area (Å²) in [6.45, 7) is 3.81. The maximum atomic E-state index is 13.1. The molecule has 2 aliphatic rings. The number of hydrogen-bond donors (Lipinski definition) is 1. The van der Waals surface area contributed by atoms with Crippen molar-refractivity contribution in [1.82, 2.24) is 9.62 Å². The Morgan fingerprint density at radius 1 is 1.00 bits per heavy atom. The molecule has 0 radical (unpaired) electrons. The van der Waals surface area contributed by atoms with Crippen LogP contribution in [0.15, 0.2) is 41.3 Å². The molecule has 2 heterocycles. The third-order valence-electron chi connectivity index (χ3n) is 5.80. The van der Waals surface area contributed by atoms with Crippen LogP contribution in [0.4, 0.5) is 0 Å². The summed E-state index contributed by atoms with van der Waals surface area (Å²) >= 11 is 6.27. The van der Waals surface area contributed by atoms with Crippen molar-refractivity contribution in [3.63, 3.8) is 0 Å². The molecule has 0 saturated carbocycles. The van der Waals surface area contributed by atoms with Crippen LogP contribution in [0.1, 0.15) is 54.6 Å². The highest BCUT2D eigenvalue weighted by atomic mass is 35.5. The van der Waals surface area contributed by atoms with E-state index in [0.29, 0.717) is 37.8 Å². The number of hydrogen-bond acceptors (Lipinski definition) is 5. The molecule has 4 rings (SSSR count). The number of benzene rings is 2. The van der Waals surface area contributed by atoms with Crippen molar-refractivity contribution in [1.29, 1.82) is 0 Å². The SMILES string of the molecule is CC(NC(=O)c1cc(S(=O)(=O)N2CCCCCC2)ccc1Cl)c1ccc2c(c1)OCCO2. The van der Waals surface area contributed by atoms with Gasteiger partial charge in [0, 0.05) is 13.1 Å². The predicted octanol–water partition coefficient (Wildman–Crippen LogP) is 4.17. The summed E-state index contributed by atoms with van der Waals surface area (Å²) in [5.74, 6) is 0.872. The maximum absolute atomic E-state index is 13.1. The van der Waals surface area contributed by atoms with Gasteiger partial charge in [-0.15, -0.1) is 0 Å². The van der Waals surface area contributed by atoms with Gasteiger partial charge in [0.1, 0.15) is 13.2 Å². The number of fused-ring (bicyclic) bond motifs is 1. The normalized spacial score (nSPS) is 17.9. The average molecular weight is 479 g/mol. The second-order valence-electron chi connectivity index (χ2n) is 8.06. The summed E-state index contributed by atoms with van der Waals surface area (Å²) < 4.78 is 38.9. The molecule has 2 aromatic rings. The number of halogens is 1. The minimum Gasteiger partial charge on any atom is -0.486 e. The number of sulfonamides is 1. The smallest absolute Gasteiger partial charge is 0.253 e. The van der Waals surface area contributed by atoms with E-state index in [1.165, 1.54) is 22.5 Å². The van der Waals surface area contributed by atoms with Crippen LogP contribution in [0.3, 0.4) is 0 Å². The van der Waals surface area contributed by atoms with Crippen molar-refractivity contribution in [2.24, 2.45) is 0 Å². The number of carbonyl (C=O) groups excluding carboxylic acids is 1. The number of ether oxygens (including phenoxy) is 2. The average Bonchev–Trinajstić information content (AvgIpc) is 3.09. The molecule has 9 heteroatoms. The molecule has 2 aromatic carbocycles. The first kappa shape index (κ1) is 22.9. The first-order chi connectivity index (χ1) is 15.4. The lowest BCUT2D eigenvalue weighted by molar-refractivity contribution is 0.0939. The molecular weight excluding hydrogens is 452 g/mol. The van der Waals surface area contributed by atoms with Crippen molar-refractivity contribution in [3.05, 3.63) is 52.5 Å². The van der Waals surface area contributed by atoms with Crippen LogP contribution in [0.5, 0.6) is 11.5 Å². The Balaban J connectivity index is 1.53. The first-order valence-electron chi connectivity index (χ1n) is 10.9. The Morgan fingerprint density at radius 3 is 2.41 bits per heavy atom. The van der Waals surface area contributed by atoms with Gasteiger partial charge in [-0.1, -0.05) is 30.5 Å². The quantitative estimate of drug-likeness (QED) is 0.697. The zero-order chi connectivity index (χ0) is 22.7.